The molecule has 4 heteroatoms. The Morgan fingerprint density at radius 1 is 0.926 bits per heavy atom. The maximum absolute atomic E-state index is 12.5. The van der Waals surface area contributed by atoms with Gasteiger partial charge < -0.3 is 5.32 Å². The minimum absolute atomic E-state index is 0.0155. The molecule has 4 nitrogen and oxygen atoms in total. The second kappa shape index (κ2) is 8.49. The van der Waals surface area contributed by atoms with E-state index in [-0.39, 0.29) is 23.8 Å². The lowest BCUT2D eigenvalue weighted by molar-refractivity contribution is -0.117. The highest BCUT2D eigenvalue weighted by Gasteiger charge is 2.18. The Labute approximate surface area is 161 Å². The van der Waals surface area contributed by atoms with E-state index < -0.39 is 0 Å². The smallest absolute Gasteiger partial charge is 0.241 e. The molecule has 142 valence electrons. The molecule has 1 aliphatic carbocycles. The summed E-state index contributed by atoms with van der Waals surface area (Å²) in [5.41, 5.74) is 5.48. The molecule has 0 heterocycles. The molecular weight excluding hydrogens is 336 g/mol. The van der Waals surface area contributed by atoms with Crippen molar-refractivity contribution in [3.63, 3.8) is 0 Å². The van der Waals surface area contributed by atoms with E-state index in [0.29, 0.717) is 11.3 Å². The molecule has 2 aromatic carbocycles. The van der Waals surface area contributed by atoms with Gasteiger partial charge >= 0.3 is 0 Å². The van der Waals surface area contributed by atoms with Gasteiger partial charge in [-0.25, -0.2) is 0 Å². The monoisotopic (exact) mass is 364 g/mol. The van der Waals surface area contributed by atoms with Gasteiger partial charge in [0, 0.05) is 17.3 Å². The van der Waals surface area contributed by atoms with Crippen LogP contribution in [0.4, 0.5) is 5.69 Å². The maximum Gasteiger partial charge on any atom is 0.241 e. The van der Waals surface area contributed by atoms with Crippen LogP contribution in [0.15, 0.2) is 42.5 Å². The van der Waals surface area contributed by atoms with Gasteiger partial charge in [0.1, 0.15) is 0 Å². The summed E-state index contributed by atoms with van der Waals surface area (Å²) in [4.78, 5) is 23.8. The molecule has 1 aliphatic rings. The van der Waals surface area contributed by atoms with Crippen LogP contribution in [0.5, 0.6) is 0 Å². The van der Waals surface area contributed by atoms with E-state index in [4.69, 9.17) is 0 Å². The molecule has 0 saturated heterocycles. The highest BCUT2D eigenvalue weighted by Crippen LogP contribution is 2.25. The van der Waals surface area contributed by atoms with E-state index in [9.17, 15) is 9.59 Å². The Hall–Kier alpha value is -2.46. The first-order chi connectivity index (χ1) is 12.9. The average Bonchev–Trinajstić information content (AvgIpc) is 2.67. The molecule has 0 spiro atoms. The fourth-order valence-corrected chi connectivity index (χ4v) is 3.61. The average molecular weight is 364 g/mol. The molecule has 0 aromatic heterocycles. The van der Waals surface area contributed by atoms with Crippen molar-refractivity contribution in [1.82, 2.24) is 5.32 Å². The Morgan fingerprint density at radius 3 is 2.26 bits per heavy atom. The first-order valence-electron chi connectivity index (χ1n) is 9.73. The predicted octanol–water partition coefficient (Wildman–Crippen LogP) is 4.45. The number of amides is 1. The lowest BCUT2D eigenvalue weighted by Gasteiger charge is -2.22. The van der Waals surface area contributed by atoms with E-state index in [1.807, 2.05) is 6.92 Å². The largest absolute Gasteiger partial charge is 0.325 e. The minimum atomic E-state index is -0.330. The molecular formula is C23H28N2O2. The van der Waals surface area contributed by atoms with Crippen molar-refractivity contribution >= 4 is 17.4 Å². The zero-order valence-corrected chi connectivity index (χ0v) is 16.3. The summed E-state index contributed by atoms with van der Waals surface area (Å²) in [6.07, 6.45) is 4.88. The van der Waals surface area contributed by atoms with Crippen LogP contribution in [0.25, 0.3) is 0 Å². The minimum Gasteiger partial charge on any atom is -0.325 e. The molecule has 3 rings (SSSR count). The molecule has 2 aromatic rings. The van der Waals surface area contributed by atoms with E-state index in [0.717, 1.165) is 6.42 Å². The normalized spacial score (nSPS) is 15.5. The van der Waals surface area contributed by atoms with E-state index in [1.165, 1.54) is 42.9 Å². The number of aryl methyl sites for hydroxylation is 2. The second-order valence-electron chi connectivity index (χ2n) is 7.47. The Bertz CT molecular complexity index is 827. The zero-order chi connectivity index (χ0) is 19.4. The summed E-state index contributed by atoms with van der Waals surface area (Å²) in [6, 6.07) is 13.4. The van der Waals surface area contributed by atoms with Gasteiger partial charge in [0.25, 0.3) is 0 Å². The molecule has 0 saturated carbocycles. The van der Waals surface area contributed by atoms with Gasteiger partial charge in [-0.2, -0.15) is 0 Å². The van der Waals surface area contributed by atoms with Crippen LogP contribution in [0.1, 0.15) is 66.7 Å². The molecule has 1 amide bonds. The lowest BCUT2D eigenvalue weighted by atomic mass is 9.89. The lowest BCUT2D eigenvalue weighted by Crippen LogP contribution is -2.39. The van der Waals surface area contributed by atoms with Crippen LogP contribution in [0.2, 0.25) is 0 Å². The van der Waals surface area contributed by atoms with Gasteiger partial charge in [0.2, 0.25) is 5.91 Å². The standard InChI is InChI=1S/C23H28N2O2/c1-15(20-9-8-19-6-4-5-7-21(19)14-20)24-16(2)23(27)25-22-12-10-18(11-13-22)17(3)26/h8-16,24H,4-7H2,1-3H3,(H,25,27)/t15-,16+/m1/s1. The van der Waals surface area contributed by atoms with Crippen LogP contribution >= 0.6 is 0 Å². The third kappa shape index (κ3) is 4.83. The van der Waals surface area contributed by atoms with Crippen LogP contribution in [-0.2, 0) is 17.6 Å². The Kier molecular flexibility index (Phi) is 6.07. The van der Waals surface area contributed by atoms with Crippen molar-refractivity contribution in [2.75, 3.05) is 5.32 Å². The summed E-state index contributed by atoms with van der Waals surface area (Å²) in [6.45, 7) is 5.49. The number of carbonyl (C=O) groups excluding carboxylic acids is 2. The summed E-state index contributed by atoms with van der Waals surface area (Å²) < 4.78 is 0. The van der Waals surface area contributed by atoms with Crippen LogP contribution < -0.4 is 10.6 Å². The highest BCUT2D eigenvalue weighted by atomic mass is 16.2. The summed E-state index contributed by atoms with van der Waals surface area (Å²) in [5.74, 6) is -0.0721. The summed E-state index contributed by atoms with van der Waals surface area (Å²) in [5, 5.41) is 6.29. The summed E-state index contributed by atoms with van der Waals surface area (Å²) >= 11 is 0. The number of nitrogens with one attached hydrogen (secondary N) is 2. The molecule has 0 unspecified atom stereocenters. The maximum atomic E-state index is 12.5. The highest BCUT2D eigenvalue weighted by molar-refractivity contribution is 5.97. The number of hydrogen-bond donors (Lipinski definition) is 2. The number of fused-ring (bicyclic) bond motifs is 1. The molecule has 0 fully saturated rings. The fourth-order valence-electron chi connectivity index (χ4n) is 3.61. The van der Waals surface area contributed by atoms with Crippen molar-refractivity contribution < 1.29 is 9.59 Å². The van der Waals surface area contributed by atoms with E-state index in [1.54, 1.807) is 24.3 Å². The van der Waals surface area contributed by atoms with Gasteiger partial charge in [-0.15, -0.1) is 0 Å². The Balaban J connectivity index is 1.59. The quantitative estimate of drug-likeness (QED) is 0.745. The predicted molar refractivity (Wildman–Crippen MR) is 109 cm³/mol. The van der Waals surface area contributed by atoms with Gasteiger partial charge in [0.05, 0.1) is 6.04 Å². The van der Waals surface area contributed by atoms with Crippen molar-refractivity contribution in [3.8, 4) is 0 Å². The molecule has 0 bridgehead atoms. The number of Topliss-reactive ketones (excluding diaryl/α,β-unsaturated/α-hetero) is 1. The molecule has 0 aliphatic heterocycles. The number of anilines is 1. The molecule has 0 radical (unpaired) electrons. The topological polar surface area (TPSA) is 58.2 Å². The van der Waals surface area contributed by atoms with Gasteiger partial charge in [-0.3, -0.25) is 14.9 Å². The number of rotatable bonds is 6. The van der Waals surface area contributed by atoms with Crippen LogP contribution in [0, 0.1) is 0 Å². The van der Waals surface area contributed by atoms with Crippen LogP contribution in [-0.4, -0.2) is 17.7 Å². The van der Waals surface area contributed by atoms with Gasteiger partial charge in [-0.1, -0.05) is 18.2 Å². The van der Waals surface area contributed by atoms with Crippen molar-refractivity contribution in [2.24, 2.45) is 0 Å². The number of benzene rings is 2. The van der Waals surface area contributed by atoms with E-state index >= 15 is 0 Å². The fraction of sp³-hybridized carbons (Fsp3) is 0.391. The molecule has 2 N–H and O–H groups in total. The van der Waals surface area contributed by atoms with Crippen molar-refractivity contribution in [2.45, 2.75) is 58.5 Å². The first-order valence-corrected chi connectivity index (χ1v) is 9.73. The summed E-state index contributed by atoms with van der Waals surface area (Å²) in [7, 11) is 0. The Morgan fingerprint density at radius 2 is 1.59 bits per heavy atom. The number of ketones is 1. The number of hydrogen-bond acceptors (Lipinski definition) is 3. The van der Waals surface area contributed by atoms with Gasteiger partial charge in [-0.05, 0) is 87.4 Å². The SMILES string of the molecule is CC(=O)c1ccc(NC(=O)[C@H](C)N[C@H](C)c2ccc3c(c2)CCCC3)cc1. The van der Waals surface area contributed by atoms with Crippen molar-refractivity contribution in [1.29, 1.82) is 0 Å². The number of carbonyl (C=O) groups is 2. The van der Waals surface area contributed by atoms with E-state index in [2.05, 4.69) is 35.8 Å². The molecule has 2 atom stereocenters. The van der Waals surface area contributed by atoms with Crippen molar-refractivity contribution in [3.05, 3.63) is 64.7 Å². The van der Waals surface area contributed by atoms with Crippen LogP contribution in [0.3, 0.4) is 0 Å². The first kappa shape index (κ1) is 19.3. The third-order valence-corrected chi connectivity index (χ3v) is 5.32. The second-order valence-corrected chi connectivity index (χ2v) is 7.47. The third-order valence-electron chi connectivity index (χ3n) is 5.32. The van der Waals surface area contributed by atoms with Gasteiger partial charge in [0.15, 0.2) is 5.78 Å². The zero-order valence-electron chi connectivity index (χ0n) is 16.3. The molecule has 27 heavy (non-hydrogen) atoms.